The SMILES string of the molecule is Clc1cccc(-n2nnnc2NCc2ccncc2Oc2ccccc2)c1Cl. The van der Waals surface area contributed by atoms with Gasteiger partial charge in [0.15, 0.2) is 5.75 Å². The maximum atomic E-state index is 6.28. The first kappa shape index (κ1) is 18.2. The standard InChI is InChI=1S/C19H14Cl2N6O/c20-15-7-4-8-16(18(15)21)27-19(24-25-26-27)23-11-13-9-10-22-12-17(13)28-14-5-2-1-3-6-14/h1-10,12H,11H2,(H,23,24,26). The monoisotopic (exact) mass is 412 g/mol. The van der Waals surface area contributed by atoms with Crippen molar-refractivity contribution in [3.05, 3.63) is 82.6 Å². The van der Waals surface area contributed by atoms with E-state index >= 15 is 0 Å². The van der Waals surface area contributed by atoms with Gasteiger partial charge in [-0.3, -0.25) is 4.98 Å². The van der Waals surface area contributed by atoms with E-state index in [0.717, 1.165) is 11.3 Å². The van der Waals surface area contributed by atoms with Crippen molar-refractivity contribution in [3.8, 4) is 17.2 Å². The topological polar surface area (TPSA) is 77.8 Å². The highest BCUT2D eigenvalue weighted by molar-refractivity contribution is 6.43. The third-order valence-electron chi connectivity index (χ3n) is 3.91. The van der Waals surface area contributed by atoms with Crippen molar-refractivity contribution >= 4 is 29.2 Å². The first-order valence-electron chi connectivity index (χ1n) is 8.35. The Bertz CT molecular complexity index is 1090. The average Bonchev–Trinajstić information content (AvgIpc) is 3.18. The van der Waals surface area contributed by atoms with E-state index in [1.807, 2.05) is 36.4 Å². The molecule has 0 spiro atoms. The summed E-state index contributed by atoms with van der Waals surface area (Å²) in [7, 11) is 0. The molecular weight excluding hydrogens is 399 g/mol. The summed E-state index contributed by atoms with van der Waals surface area (Å²) in [5.74, 6) is 1.79. The summed E-state index contributed by atoms with van der Waals surface area (Å²) in [6.45, 7) is 0.420. The summed E-state index contributed by atoms with van der Waals surface area (Å²) in [5.41, 5.74) is 1.47. The fourth-order valence-corrected chi connectivity index (χ4v) is 2.93. The fourth-order valence-electron chi connectivity index (χ4n) is 2.55. The molecule has 4 aromatic rings. The zero-order chi connectivity index (χ0) is 19.3. The molecule has 0 amide bonds. The van der Waals surface area contributed by atoms with E-state index in [4.69, 9.17) is 27.9 Å². The Morgan fingerprint density at radius 1 is 1.00 bits per heavy atom. The van der Waals surface area contributed by atoms with E-state index in [1.165, 1.54) is 4.68 Å². The number of para-hydroxylation sites is 1. The van der Waals surface area contributed by atoms with Gasteiger partial charge in [-0.25, -0.2) is 0 Å². The van der Waals surface area contributed by atoms with Crippen molar-refractivity contribution < 1.29 is 4.74 Å². The lowest BCUT2D eigenvalue weighted by molar-refractivity contribution is 0.474. The maximum Gasteiger partial charge on any atom is 0.248 e. The number of rotatable bonds is 6. The second-order valence-electron chi connectivity index (χ2n) is 5.74. The van der Waals surface area contributed by atoms with Crippen molar-refractivity contribution in [1.29, 1.82) is 0 Å². The fraction of sp³-hybridized carbons (Fsp3) is 0.0526. The quantitative estimate of drug-likeness (QED) is 0.491. The van der Waals surface area contributed by atoms with Crippen LogP contribution in [0.2, 0.25) is 10.0 Å². The maximum absolute atomic E-state index is 6.28. The molecule has 0 aliphatic heterocycles. The molecule has 0 fully saturated rings. The van der Waals surface area contributed by atoms with Gasteiger partial charge in [-0.2, -0.15) is 4.68 Å². The van der Waals surface area contributed by atoms with Crippen molar-refractivity contribution in [1.82, 2.24) is 25.2 Å². The lowest BCUT2D eigenvalue weighted by Crippen LogP contribution is -2.08. The largest absolute Gasteiger partial charge is 0.455 e. The summed E-state index contributed by atoms with van der Waals surface area (Å²) in [5, 5.41) is 15.7. The minimum Gasteiger partial charge on any atom is -0.455 e. The number of hydrogen-bond donors (Lipinski definition) is 1. The Labute approximate surface area is 170 Å². The Kier molecular flexibility index (Phi) is 5.36. The van der Waals surface area contributed by atoms with Gasteiger partial charge >= 0.3 is 0 Å². The third kappa shape index (κ3) is 3.90. The molecule has 7 nitrogen and oxygen atoms in total. The van der Waals surface area contributed by atoms with E-state index in [-0.39, 0.29) is 0 Å². The Morgan fingerprint density at radius 2 is 1.86 bits per heavy atom. The number of halogens is 2. The number of benzene rings is 2. The zero-order valence-corrected chi connectivity index (χ0v) is 16.0. The molecule has 2 aromatic carbocycles. The first-order valence-corrected chi connectivity index (χ1v) is 9.10. The predicted octanol–water partition coefficient (Wildman–Crippen LogP) is 4.77. The van der Waals surface area contributed by atoms with Crippen LogP contribution in [0.4, 0.5) is 5.95 Å². The van der Waals surface area contributed by atoms with Crippen molar-refractivity contribution in [2.24, 2.45) is 0 Å². The summed E-state index contributed by atoms with van der Waals surface area (Å²) in [4.78, 5) is 4.14. The van der Waals surface area contributed by atoms with Gasteiger partial charge in [-0.15, -0.1) is 0 Å². The number of ether oxygens (including phenoxy) is 1. The molecule has 2 heterocycles. The molecule has 140 valence electrons. The Morgan fingerprint density at radius 3 is 2.71 bits per heavy atom. The molecule has 4 rings (SSSR count). The van der Waals surface area contributed by atoms with Gasteiger partial charge in [0.2, 0.25) is 5.95 Å². The average molecular weight is 413 g/mol. The molecule has 0 aliphatic carbocycles. The Balaban J connectivity index is 1.55. The number of nitrogens with one attached hydrogen (secondary N) is 1. The molecule has 0 saturated heterocycles. The molecule has 0 bridgehead atoms. The van der Waals surface area contributed by atoms with Crippen LogP contribution < -0.4 is 10.1 Å². The minimum atomic E-state index is 0.372. The van der Waals surface area contributed by atoms with Crippen molar-refractivity contribution in [3.63, 3.8) is 0 Å². The summed E-state index contributed by atoms with van der Waals surface area (Å²) in [6, 6.07) is 16.6. The van der Waals surface area contributed by atoms with Gasteiger partial charge in [0, 0.05) is 18.3 Å². The van der Waals surface area contributed by atoms with E-state index in [0.29, 0.717) is 34.0 Å². The molecule has 0 atom stereocenters. The molecule has 2 aromatic heterocycles. The van der Waals surface area contributed by atoms with Gasteiger partial charge in [0.1, 0.15) is 5.75 Å². The highest BCUT2D eigenvalue weighted by Crippen LogP contribution is 2.29. The van der Waals surface area contributed by atoms with E-state index in [2.05, 4.69) is 25.8 Å². The molecule has 0 saturated carbocycles. The number of anilines is 1. The number of tetrazole rings is 1. The van der Waals surface area contributed by atoms with Crippen LogP contribution >= 0.6 is 23.2 Å². The zero-order valence-electron chi connectivity index (χ0n) is 14.5. The summed E-state index contributed by atoms with van der Waals surface area (Å²) in [6.07, 6.45) is 3.37. The molecular formula is C19H14Cl2N6O. The first-order chi connectivity index (χ1) is 13.7. The highest BCUT2D eigenvalue weighted by Gasteiger charge is 2.14. The third-order valence-corrected chi connectivity index (χ3v) is 4.72. The van der Waals surface area contributed by atoms with Gasteiger partial charge in [0.05, 0.1) is 21.9 Å². The van der Waals surface area contributed by atoms with Crippen LogP contribution in [-0.4, -0.2) is 25.2 Å². The van der Waals surface area contributed by atoms with E-state index in [9.17, 15) is 0 Å². The van der Waals surface area contributed by atoms with Gasteiger partial charge in [-0.1, -0.05) is 52.6 Å². The number of hydrogen-bond acceptors (Lipinski definition) is 6. The van der Waals surface area contributed by atoms with Gasteiger partial charge in [-0.05, 0) is 40.8 Å². The van der Waals surface area contributed by atoms with Gasteiger partial charge < -0.3 is 10.1 Å². The number of aromatic nitrogens is 5. The second kappa shape index (κ2) is 8.24. The van der Waals surface area contributed by atoms with Crippen LogP contribution in [0, 0.1) is 0 Å². The summed E-state index contributed by atoms with van der Waals surface area (Å²) >= 11 is 12.4. The van der Waals surface area contributed by atoms with Crippen molar-refractivity contribution in [2.75, 3.05) is 5.32 Å². The molecule has 0 unspecified atom stereocenters. The summed E-state index contributed by atoms with van der Waals surface area (Å²) < 4.78 is 7.42. The molecule has 0 radical (unpaired) electrons. The molecule has 28 heavy (non-hydrogen) atoms. The highest BCUT2D eigenvalue weighted by atomic mass is 35.5. The number of pyridine rings is 1. The van der Waals surface area contributed by atoms with E-state index < -0.39 is 0 Å². The van der Waals surface area contributed by atoms with Crippen LogP contribution in [0.3, 0.4) is 0 Å². The lowest BCUT2D eigenvalue weighted by Gasteiger charge is -2.12. The van der Waals surface area contributed by atoms with Crippen molar-refractivity contribution in [2.45, 2.75) is 6.54 Å². The minimum absolute atomic E-state index is 0.372. The smallest absolute Gasteiger partial charge is 0.248 e. The second-order valence-corrected chi connectivity index (χ2v) is 6.52. The van der Waals surface area contributed by atoms with Crippen LogP contribution in [0.1, 0.15) is 5.56 Å². The Hall–Kier alpha value is -3.16. The van der Waals surface area contributed by atoms with Crippen LogP contribution in [-0.2, 0) is 6.54 Å². The lowest BCUT2D eigenvalue weighted by atomic mass is 10.2. The predicted molar refractivity (Wildman–Crippen MR) is 107 cm³/mol. The van der Waals surface area contributed by atoms with E-state index in [1.54, 1.807) is 30.6 Å². The van der Waals surface area contributed by atoms with Gasteiger partial charge in [0.25, 0.3) is 0 Å². The molecule has 0 aliphatic rings. The van der Waals surface area contributed by atoms with Crippen LogP contribution in [0.15, 0.2) is 67.0 Å². The number of nitrogens with zero attached hydrogens (tertiary/aromatic N) is 5. The van der Waals surface area contributed by atoms with Crippen LogP contribution in [0.25, 0.3) is 5.69 Å². The normalized spacial score (nSPS) is 10.6. The van der Waals surface area contributed by atoms with Crippen LogP contribution in [0.5, 0.6) is 11.5 Å². The molecule has 9 heteroatoms. The molecule has 1 N–H and O–H groups in total.